The van der Waals surface area contributed by atoms with Crippen molar-refractivity contribution in [1.29, 1.82) is 0 Å². The second-order valence-corrected chi connectivity index (χ2v) is 5.63. The number of carbonyl (C=O) groups is 1. The molecule has 134 valence electrons. The third kappa shape index (κ3) is 4.44. The Bertz CT molecular complexity index is 702. The first-order valence-corrected chi connectivity index (χ1v) is 8.33. The smallest absolute Gasteiger partial charge is 0.255 e. The molecule has 0 saturated carbocycles. The van der Waals surface area contributed by atoms with Crippen molar-refractivity contribution in [2.24, 2.45) is 0 Å². The molecule has 0 atom stereocenters. The average molecular weight is 343 g/mol. The first-order valence-electron chi connectivity index (χ1n) is 8.33. The summed E-state index contributed by atoms with van der Waals surface area (Å²) in [6.45, 7) is 2.15. The normalized spacial score (nSPS) is 10.2. The number of amides is 1. The number of methoxy groups -OCH3 is 3. The van der Waals surface area contributed by atoms with Crippen LogP contribution in [0.25, 0.3) is 0 Å². The largest absolute Gasteiger partial charge is 0.493 e. The predicted octanol–water partition coefficient (Wildman–Crippen LogP) is 4.31. The lowest BCUT2D eigenvalue weighted by molar-refractivity contribution is 0.102. The molecule has 2 aromatic rings. The Hall–Kier alpha value is -2.69. The fraction of sp³-hybridized carbons (Fsp3) is 0.350. The van der Waals surface area contributed by atoms with E-state index in [1.807, 2.05) is 24.3 Å². The van der Waals surface area contributed by atoms with Gasteiger partial charge in [-0.15, -0.1) is 0 Å². The van der Waals surface area contributed by atoms with E-state index in [9.17, 15) is 4.79 Å². The Kier molecular flexibility index (Phi) is 6.69. The molecular weight excluding hydrogens is 318 g/mol. The van der Waals surface area contributed by atoms with Crippen molar-refractivity contribution in [2.45, 2.75) is 26.2 Å². The second-order valence-electron chi connectivity index (χ2n) is 5.63. The van der Waals surface area contributed by atoms with Crippen LogP contribution in [0.2, 0.25) is 0 Å². The van der Waals surface area contributed by atoms with Gasteiger partial charge in [-0.25, -0.2) is 0 Å². The Balaban J connectivity index is 2.30. The van der Waals surface area contributed by atoms with Crippen LogP contribution in [-0.4, -0.2) is 27.2 Å². The lowest BCUT2D eigenvalue weighted by Crippen LogP contribution is -2.14. The molecule has 0 saturated heterocycles. The summed E-state index contributed by atoms with van der Waals surface area (Å²) >= 11 is 0. The van der Waals surface area contributed by atoms with Gasteiger partial charge in [-0.2, -0.15) is 0 Å². The number of unbranched alkanes of at least 4 members (excludes halogenated alkanes) is 1. The van der Waals surface area contributed by atoms with E-state index < -0.39 is 0 Å². The number of carbonyl (C=O) groups excluding carboxylic acids is 1. The highest BCUT2D eigenvalue weighted by atomic mass is 16.5. The van der Waals surface area contributed by atoms with Crippen molar-refractivity contribution in [3.8, 4) is 17.2 Å². The van der Waals surface area contributed by atoms with Gasteiger partial charge in [0.25, 0.3) is 5.91 Å². The molecular formula is C20H25NO4. The first kappa shape index (κ1) is 18.6. The number of para-hydroxylation sites is 1. The number of hydrogen-bond acceptors (Lipinski definition) is 4. The van der Waals surface area contributed by atoms with Gasteiger partial charge >= 0.3 is 0 Å². The molecule has 1 amide bonds. The third-order valence-corrected chi connectivity index (χ3v) is 3.99. The molecule has 5 nitrogen and oxygen atoms in total. The van der Waals surface area contributed by atoms with Gasteiger partial charge in [0.1, 0.15) is 0 Å². The van der Waals surface area contributed by atoms with Gasteiger partial charge in [-0.1, -0.05) is 31.5 Å². The van der Waals surface area contributed by atoms with E-state index in [-0.39, 0.29) is 5.91 Å². The van der Waals surface area contributed by atoms with Gasteiger partial charge in [0.2, 0.25) is 5.75 Å². The van der Waals surface area contributed by atoms with Crippen molar-refractivity contribution < 1.29 is 19.0 Å². The monoisotopic (exact) mass is 343 g/mol. The molecule has 5 heteroatoms. The minimum absolute atomic E-state index is 0.219. The first-order chi connectivity index (χ1) is 12.1. The molecule has 0 bridgehead atoms. The number of ether oxygens (including phenoxy) is 3. The average Bonchev–Trinajstić information content (AvgIpc) is 2.65. The number of anilines is 1. The summed E-state index contributed by atoms with van der Waals surface area (Å²) in [5.41, 5.74) is 2.40. The number of benzene rings is 2. The number of hydrogen-bond donors (Lipinski definition) is 1. The zero-order chi connectivity index (χ0) is 18.2. The molecule has 0 spiro atoms. The summed E-state index contributed by atoms with van der Waals surface area (Å²) in [4.78, 5) is 12.7. The number of rotatable bonds is 8. The van der Waals surface area contributed by atoms with Crippen molar-refractivity contribution >= 4 is 11.6 Å². The van der Waals surface area contributed by atoms with E-state index in [4.69, 9.17) is 14.2 Å². The van der Waals surface area contributed by atoms with Crippen LogP contribution in [0, 0.1) is 0 Å². The zero-order valence-corrected chi connectivity index (χ0v) is 15.2. The molecule has 0 aliphatic rings. The maximum Gasteiger partial charge on any atom is 0.255 e. The molecule has 0 heterocycles. The lowest BCUT2D eigenvalue weighted by Gasteiger charge is -2.15. The molecule has 1 N–H and O–H groups in total. The highest BCUT2D eigenvalue weighted by Crippen LogP contribution is 2.38. The van der Waals surface area contributed by atoms with E-state index in [1.165, 1.54) is 21.3 Å². The predicted molar refractivity (Wildman–Crippen MR) is 99.1 cm³/mol. The van der Waals surface area contributed by atoms with Crippen LogP contribution in [0.5, 0.6) is 17.2 Å². The maximum absolute atomic E-state index is 12.7. The summed E-state index contributed by atoms with van der Waals surface area (Å²) in [5, 5.41) is 2.98. The quantitative estimate of drug-likeness (QED) is 0.776. The van der Waals surface area contributed by atoms with Crippen molar-refractivity contribution in [3.05, 3.63) is 47.5 Å². The topological polar surface area (TPSA) is 56.8 Å². The minimum atomic E-state index is -0.219. The zero-order valence-electron chi connectivity index (χ0n) is 15.2. The highest BCUT2D eigenvalue weighted by Gasteiger charge is 2.17. The fourth-order valence-corrected chi connectivity index (χ4v) is 2.63. The van der Waals surface area contributed by atoms with E-state index in [2.05, 4.69) is 12.2 Å². The van der Waals surface area contributed by atoms with Crippen molar-refractivity contribution in [3.63, 3.8) is 0 Å². The van der Waals surface area contributed by atoms with Crippen LogP contribution in [0.15, 0.2) is 36.4 Å². The third-order valence-electron chi connectivity index (χ3n) is 3.99. The fourth-order valence-electron chi connectivity index (χ4n) is 2.63. The summed E-state index contributed by atoms with van der Waals surface area (Å²) in [5.74, 6) is 1.14. The van der Waals surface area contributed by atoms with Crippen LogP contribution < -0.4 is 19.5 Å². The van der Waals surface area contributed by atoms with Gasteiger partial charge < -0.3 is 19.5 Å². The molecule has 0 unspecified atom stereocenters. The second kappa shape index (κ2) is 8.97. The standard InChI is InChI=1S/C20H25NO4/c1-5-6-9-14-10-7-8-11-16(14)21-20(22)15-12-17(23-2)19(25-4)18(13-15)24-3/h7-8,10-13H,5-6,9H2,1-4H3,(H,21,22). The Labute approximate surface area is 148 Å². The molecule has 2 rings (SSSR count). The van der Waals surface area contributed by atoms with E-state index in [0.717, 1.165) is 30.5 Å². The van der Waals surface area contributed by atoms with E-state index >= 15 is 0 Å². The van der Waals surface area contributed by atoms with Crippen molar-refractivity contribution in [2.75, 3.05) is 26.6 Å². The summed E-state index contributed by atoms with van der Waals surface area (Å²) in [7, 11) is 4.59. The molecule has 0 aliphatic heterocycles. The number of aryl methyl sites for hydroxylation is 1. The Morgan fingerprint density at radius 3 is 2.20 bits per heavy atom. The molecule has 25 heavy (non-hydrogen) atoms. The molecule has 0 aromatic heterocycles. The summed E-state index contributed by atoms with van der Waals surface area (Å²) in [6.07, 6.45) is 3.12. The maximum atomic E-state index is 12.7. The van der Waals surface area contributed by atoms with Gasteiger partial charge in [0, 0.05) is 11.3 Å². The van der Waals surface area contributed by atoms with Crippen LogP contribution in [0.3, 0.4) is 0 Å². The van der Waals surface area contributed by atoms with Gasteiger partial charge in [0.05, 0.1) is 21.3 Å². The summed E-state index contributed by atoms with van der Waals surface area (Å²) in [6, 6.07) is 11.2. The van der Waals surface area contributed by atoms with Crippen molar-refractivity contribution in [1.82, 2.24) is 0 Å². The van der Waals surface area contributed by atoms with Gasteiger partial charge in [-0.3, -0.25) is 4.79 Å². The van der Waals surface area contributed by atoms with Crippen LogP contribution in [0.4, 0.5) is 5.69 Å². The van der Waals surface area contributed by atoms with E-state index in [0.29, 0.717) is 22.8 Å². The molecule has 0 radical (unpaired) electrons. The van der Waals surface area contributed by atoms with Crippen LogP contribution >= 0.6 is 0 Å². The molecule has 0 fully saturated rings. The van der Waals surface area contributed by atoms with Gasteiger partial charge in [-0.05, 0) is 36.6 Å². The Morgan fingerprint density at radius 1 is 1.00 bits per heavy atom. The van der Waals surface area contributed by atoms with Crippen LogP contribution in [0.1, 0.15) is 35.7 Å². The van der Waals surface area contributed by atoms with Crippen LogP contribution in [-0.2, 0) is 6.42 Å². The molecule has 0 aliphatic carbocycles. The minimum Gasteiger partial charge on any atom is -0.493 e. The highest BCUT2D eigenvalue weighted by molar-refractivity contribution is 6.05. The van der Waals surface area contributed by atoms with E-state index in [1.54, 1.807) is 12.1 Å². The SMILES string of the molecule is CCCCc1ccccc1NC(=O)c1cc(OC)c(OC)c(OC)c1. The van der Waals surface area contributed by atoms with Gasteiger partial charge in [0.15, 0.2) is 11.5 Å². The summed E-state index contributed by atoms with van der Waals surface area (Å²) < 4.78 is 15.9. The number of nitrogens with one attached hydrogen (secondary N) is 1. The Morgan fingerprint density at radius 2 is 1.64 bits per heavy atom. The lowest BCUT2D eigenvalue weighted by atomic mass is 10.1. The molecule has 2 aromatic carbocycles.